The molecule has 23 atom stereocenters. The van der Waals surface area contributed by atoms with Gasteiger partial charge in [-0.1, -0.05) is 356 Å². The van der Waals surface area contributed by atoms with Gasteiger partial charge in [-0.3, -0.25) is 0 Å². The van der Waals surface area contributed by atoms with Crippen LogP contribution in [0.2, 0.25) is 0 Å². The molecule has 2 unspecified atom stereocenters. The van der Waals surface area contributed by atoms with Crippen molar-refractivity contribution in [3.8, 4) is 0 Å². The molecule has 5 aliphatic rings. The molecule has 0 saturated carbocycles. The number of methoxy groups -OCH3 is 1. The van der Waals surface area contributed by atoms with Crippen LogP contribution in [0.1, 0.15) is 74.4 Å². The summed E-state index contributed by atoms with van der Waals surface area (Å²) in [6, 6.07) is 108. The van der Waals surface area contributed by atoms with Crippen LogP contribution in [0.15, 0.2) is 334 Å². The van der Waals surface area contributed by atoms with E-state index in [1.54, 1.807) is 7.11 Å². The zero-order valence-electron chi connectivity index (χ0n) is 71.8. The summed E-state index contributed by atoms with van der Waals surface area (Å²) in [5.41, 5.74) is 9.45. The average molecular weight is 1860 g/mol. The van der Waals surface area contributed by atoms with Gasteiger partial charge in [-0.2, -0.15) is 0 Å². The minimum atomic E-state index is -2.17. The number of fused-ring (bicyclic) bond motifs is 1. The predicted octanol–water partition coefficient (Wildman–Crippen LogP) is 18.1. The molecule has 128 heavy (non-hydrogen) atoms. The van der Waals surface area contributed by atoms with E-state index in [0.717, 1.165) is 61.2 Å². The van der Waals surface area contributed by atoms with E-state index in [1.165, 1.54) is 0 Å². The Hall–Kier alpha value is -8.76. The highest BCUT2D eigenvalue weighted by Gasteiger charge is 2.60. The number of alkyl halides is 2. The van der Waals surface area contributed by atoms with E-state index in [-0.39, 0.29) is 92.5 Å². The van der Waals surface area contributed by atoms with Gasteiger partial charge in [-0.15, -0.1) is 0 Å². The summed E-state index contributed by atoms with van der Waals surface area (Å²) in [6.07, 6.45) is -26.5. The molecule has 672 valence electrons. The monoisotopic (exact) mass is 1850 g/mol. The fourth-order valence-corrected chi connectivity index (χ4v) is 16.9. The zero-order valence-corrected chi connectivity index (χ0v) is 73.9. The normalized spacial score (nSPS) is 27.6. The summed E-state index contributed by atoms with van der Waals surface area (Å²) in [6.45, 7) is 2.79. The maximum Gasteiger partial charge on any atom is 0.228 e. The van der Waals surface area contributed by atoms with Gasteiger partial charge in [0, 0.05) is 12.7 Å². The molecule has 16 rings (SSSR count). The van der Waals surface area contributed by atoms with E-state index in [0.29, 0.717) is 0 Å². The molecule has 11 aromatic rings. The van der Waals surface area contributed by atoms with Gasteiger partial charge in [0.2, 0.25) is 6.36 Å². The Kier molecular flexibility index (Phi) is 35.0. The van der Waals surface area contributed by atoms with Crippen LogP contribution in [0.5, 0.6) is 0 Å². The quantitative estimate of drug-likeness (QED) is 0.0199. The molecular formula is C105H112FIO21. The molecule has 0 amide bonds. The molecule has 5 fully saturated rings. The molecule has 0 bridgehead atoms. The molecule has 5 saturated heterocycles. The smallest absolute Gasteiger partial charge is 0.228 e. The third kappa shape index (κ3) is 25.9. The number of benzene rings is 11. The molecule has 5 heterocycles. The van der Waals surface area contributed by atoms with Crippen LogP contribution in [0, 0.1) is 0 Å². The van der Waals surface area contributed by atoms with Crippen molar-refractivity contribution < 1.29 is 104 Å². The Bertz CT molecular complexity index is 4910. The van der Waals surface area contributed by atoms with E-state index in [1.807, 2.05) is 341 Å². The molecular weight excluding hydrogens is 1740 g/mol. The SMILES string of the molecule is CO[C@H]1O[C@@H]2CO[C@@H](c3ccccc3)O[C@H]2[C@H](O[C@H]2O[C@H](COCc3ccccc3)[C@@H](OCc3ccccc3)[C@H](O[C@H]3O[C@H](COCc4ccccc4)[C@@H](OCc4ccccc4)[C@H](OCc4ccccc4)[C@H]3OC(O[C@@H]3[C@@H](OCc4ccccc4)[C@H](OCc4ccccc4)[C@@H](COCc4ccccc4)O[C@H]3F)C(C)I)[C@H]2OCc2ccccc2)[C@@H]1OCc1ccccc1. The first-order valence-corrected chi connectivity index (χ1v) is 45.2. The number of halogens is 2. The van der Waals surface area contributed by atoms with Crippen molar-refractivity contribution in [2.24, 2.45) is 0 Å². The van der Waals surface area contributed by atoms with Gasteiger partial charge in [0.25, 0.3) is 0 Å². The molecule has 0 radical (unpaired) electrons. The lowest BCUT2D eigenvalue weighted by Gasteiger charge is -2.53. The fraction of sp³-hybridized carbons (Fsp3) is 0.371. The maximum absolute atomic E-state index is 18.6. The van der Waals surface area contributed by atoms with Crippen LogP contribution in [-0.2, 0) is 166 Å². The molecule has 11 aromatic carbocycles. The van der Waals surface area contributed by atoms with Crippen LogP contribution < -0.4 is 0 Å². The molecule has 23 heteroatoms. The first-order valence-electron chi connectivity index (χ1n) is 44.0. The predicted molar refractivity (Wildman–Crippen MR) is 483 cm³/mol. The Morgan fingerprint density at radius 1 is 0.297 bits per heavy atom. The van der Waals surface area contributed by atoms with Gasteiger partial charge < -0.3 is 99.5 Å². The number of hydrogen-bond acceptors (Lipinski definition) is 21. The third-order valence-corrected chi connectivity index (χ3v) is 23.7. The van der Waals surface area contributed by atoms with Crippen LogP contribution in [0.25, 0.3) is 0 Å². The van der Waals surface area contributed by atoms with Gasteiger partial charge in [0.15, 0.2) is 31.5 Å². The fourth-order valence-electron chi connectivity index (χ4n) is 16.5. The Labute approximate surface area is 762 Å². The Morgan fingerprint density at radius 2 is 0.578 bits per heavy atom. The standard InChI is InChI=1S/C105H112FIO21/c1-72(107)101(127-96-92(115-64-79-48-26-9-27-49-79)88(112-61-76-42-20-6-21-43-76)84(120-100(96)106)68-109-58-73-36-14-3-15-37-73)128-99-93(116-65-80-50-28-10-29-51-80)89(113-62-77-44-22-7-23-45-77)85(69-110-59-74-38-16-4-17-39-74)123-105(99)125-94-90(114-63-78-46-24-8-25-47-78)86(70-111-60-75-40-18-5-19-41-75)122-104(98(94)118-67-82-54-32-12-33-55-82)126-95-91-87(71-119-102(124-91)83-56-34-13-35-57-83)121-103(108-2)97(95)117-66-81-52-30-11-31-53-81/h3-57,72,84-105H,58-71H2,1-2H3/t72?,84-,85-,86-,87-,88-,89-,90-,91-,92+,93+,94+,95+,96-,97+,98-,99-,100-,101?,102-,103+,104-,105-/m1/s1. The summed E-state index contributed by atoms with van der Waals surface area (Å²) in [5.74, 6) is 0. The van der Waals surface area contributed by atoms with Crippen molar-refractivity contribution in [3.05, 3.63) is 395 Å². The Morgan fingerprint density at radius 3 is 0.930 bits per heavy atom. The summed E-state index contributed by atoms with van der Waals surface area (Å²) >= 11 is 2.26. The molecule has 0 aromatic heterocycles. The molecule has 5 aliphatic heterocycles. The number of rotatable bonds is 44. The van der Waals surface area contributed by atoms with Crippen molar-refractivity contribution in [1.29, 1.82) is 0 Å². The van der Waals surface area contributed by atoms with Gasteiger partial charge in [0.05, 0.1) is 96.4 Å². The summed E-state index contributed by atoms with van der Waals surface area (Å²) in [7, 11) is 1.57. The minimum absolute atomic E-state index is 0.0106. The van der Waals surface area contributed by atoms with Crippen LogP contribution in [0.3, 0.4) is 0 Å². The lowest BCUT2D eigenvalue weighted by molar-refractivity contribution is -0.412. The summed E-state index contributed by atoms with van der Waals surface area (Å²) < 4.78 is 170. The zero-order chi connectivity index (χ0) is 87.3. The van der Waals surface area contributed by atoms with E-state index in [2.05, 4.69) is 22.6 Å². The largest absolute Gasteiger partial charge is 0.374 e. The first kappa shape index (κ1) is 92.5. The third-order valence-electron chi connectivity index (χ3n) is 23.1. The van der Waals surface area contributed by atoms with Crippen molar-refractivity contribution in [2.45, 2.75) is 212 Å². The van der Waals surface area contributed by atoms with E-state index < -0.39 is 139 Å². The van der Waals surface area contributed by atoms with E-state index in [9.17, 15) is 0 Å². The minimum Gasteiger partial charge on any atom is -0.374 e. The van der Waals surface area contributed by atoms with Gasteiger partial charge in [0.1, 0.15) is 97.7 Å². The average Bonchev–Trinajstić information content (AvgIpc) is 0.750. The first-order chi connectivity index (χ1) is 63.2. The van der Waals surface area contributed by atoms with Crippen LogP contribution >= 0.6 is 22.6 Å². The molecule has 0 N–H and O–H groups in total. The number of ether oxygens (including phenoxy) is 21. The van der Waals surface area contributed by atoms with E-state index >= 15 is 4.39 Å². The second kappa shape index (κ2) is 48.4. The van der Waals surface area contributed by atoms with Crippen molar-refractivity contribution >= 4 is 22.6 Å². The van der Waals surface area contributed by atoms with Crippen LogP contribution in [0.4, 0.5) is 4.39 Å². The van der Waals surface area contributed by atoms with Crippen LogP contribution in [-0.4, -0.2) is 167 Å². The number of hydrogen-bond donors (Lipinski definition) is 0. The lowest BCUT2D eigenvalue weighted by Crippen LogP contribution is -2.69. The topological polar surface area (TPSA) is 194 Å². The van der Waals surface area contributed by atoms with Gasteiger partial charge >= 0.3 is 0 Å². The van der Waals surface area contributed by atoms with Crippen molar-refractivity contribution in [3.63, 3.8) is 0 Å². The van der Waals surface area contributed by atoms with Gasteiger partial charge in [-0.05, 0) is 62.6 Å². The highest BCUT2D eigenvalue weighted by Crippen LogP contribution is 2.44. The highest BCUT2D eigenvalue weighted by molar-refractivity contribution is 14.1. The molecule has 0 spiro atoms. The second-order valence-electron chi connectivity index (χ2n) is 32.3. The van der Waals surface area contributed by atoms with Crippen molar-refractivity contribution in [2.75, 3.05) is 33.5 Å². The maximum atomic E-state index is 18.6. The van der Waals surface area contributed by atoms with E-state index in [4.69, 9.17) is 99.5 Å². The second-order valence-corrected chi connectivity index (χ2v) is 34.3. The highest BCUT2D eigenvalue weighted by atomic mass is 127. The van der Waals surface area contributed by atoms with Crippen molar-refractivity contribution in [1.82, 2.24) is 0 Å². The summed E-state index contributed by atoms with van der Waals surface area (Å²) in [5, 5.41) is 0. The Balaban J connectivity index is 0.847. The van der Waals surface area contributed by atoms with Gasteiger partial charge in [-0.25, -0.2) is 4.39 Å². The molecule has 0 aliphatic carbocycles. The summed E-state index contributed by atoms with van der Waals surface area (Å²) in [4.78, 5) is 0. The molecule has 21 nitrogen and oxygen atoms in total. The lowest BCUT2D eigenvalue weighted by atomic mass is 9.94.